The Hall–Kier alpha value is -1.23. The largest absolute Gasteiger partial charge is 0.366 e. The number of hydrogen-bond donors (Lipinski definition) is 2. The molecular formula is C8H8F2N2S. The van der Waals surface area contributed by atoms with Crippen molar-refractivity contribution in [1.82, 2.24) is 5.32 Å². The summed E-state index contributed by atoms with van der Waals surface area (Å²) in [6, 6.07) is 3.12. The summed E-state index contributed by atoms with van der Waals surface area (Å²) < 4.78 is 25.3. The van der Waals surface area contributed by atoms with Crippen molar-refractivity contribution in [2.45, 2.75) is 0 Å². The summed E-state index contributed by atoms with van der Waals surface area (Å²) in [4.78, 5) is 0. The molecule has 2 nitrogen and oxygen atoms in total. The topological polar surface area (TPSA) is 24.1 Å². The summed E-state index contributed by atoms with van der Waals surface area (Å²) >= 11 is 4.76. The Balaban J connectivity index is 2.83. The second-order valence-electron chi connectivity index (χ2n) is 2.36. The molecule has 0 saturated heterocycles. The van der Waals surface area contributed by atoms with Gasteiger partial charge in [-0.3, -0.25) is 0 Å². The molecule has 0 atom stereocenters. The third-order valence-corrected chi connectivity index (χ3v) is 1.65. The van der Waals surface area contributed by atoms with Crippen LogP contribution in [-0.2, 0) is 0 Å². The fourth-order valence-corrected chi connectivity index (χ4v) is 0.937. The molecule has 0 aliphatic heterocycles. The number of nitrogens with one attached hydrogen (secondary N) is 2. The maximum atomic E-state index is 12.6. The van der Waals surface area contributed by atoms with Crippen LogP contribution in [0.25, 0.3) is 0 Å². The first-order valence-corrected chi connectivity index (χ1v) is 3.97. The van der Waals surface area contributed by atoms with Crippen molar-refractivity contribution in [2.75, 3.05) is 12.4 Å². The van der Waals surface area contributed by atoms with Crippen LogP contribution in [0.1, 0.15) is 0 Å². The zero-order chi connectivity index (χ0) is 9.84. The molecule has 0 radical (unpaired) electrons. The van der Waals surface area contributed by atoms with Crippen LogP contribution < -0.4 is 10.6 Å². The lowest BCUT2D eigenvalue weighted by Gasteiger charge is -2.06. The highest BCUT2D eigenvalue weighted by Crippen LogP contribution is 2.12. The molecule has 0 heterocycles. The van der Waals surface area contributed by atoms with Gasteiger partial charge in [-0.1, -0.05) is 0 Å². The smallest absolute Gasteiger partial charge is 0.170 e. The first-order valence-electron chi connectivity index (χ1n) is 3.56. The quantitative estimate of drug-likeness (QED) is 0.680. The highest BCUT2D eigenvalue weighted by Gasteiger charge is 2.00. The van der Waals surface area contributed by atoms with E-state index in [1.54, 1.807) is 7.05 Å². The Bertz CT molecular complexity index is 308. The van der Waals surface area contributed by atoms with Gasteiger partial charge in [0, 0.05) is 18.8 Å². The van der Waals surface area contributed by atoms with E-state index in [9.17, 15) is 8.78 Å². The molecule has 1 aromatic carbocycles. The summed E-state index contributed by atoms with van der Waals surface area (Å²) in [5, 5.41) is 5.55. The van der Waals surface area contributed by atoms with E-state index >= 15 is 0 Å². The van der Waals surface area contributed by atoms with Crippen LogP contribution in [0.3, 0.4) is 0 Å². The van der Waals surface area contributed by atoms with Crippen LogP contribution in [0.5, 0.6) is 0 Å². The van der Waals surface area contributed by atoms with E-state index in [0.29, 0.717) is 5.11 Å². The van der Waals surface area contributed by atoms with Gasteiger partial charge < -0.3 is 10.6 Å². The van der Waals surface area contributed by atoms with Crippen molar-refractivity contribution in [3.05, 3.63) is 29.8 Å². The monoisotopic (exact) mass is 202 g/mol. The van der Waals surface area contributed by atoms with Crippen molar-refractivity contribution < 1.29 is 8.78 Å². The lowest BCUT2D eigenvalue weighted by molar-refractivity contribution is 0.584. The van der Waals surface area contributed by atoms with Gasteiger partial charge in [0.2, 0.25) is 0 Å². The second-order valence-corrected chi connectivity index (χ2v) is 2.77. The maximum Gasteiger partial charge on any atom is 0.170 e. The molecule has 0 bridgehead atoms. The number of halogens is 2. The summed E-state index contributed by atoms with van der Waals surface area (Å²) in [5.74, 6) is -1.28. The van der Waals surface area contributed by atoms with Crippen LogP contribution >= 0.6 is 12.2 Å². The lowest BCUT2D eigenvalue weighted by Crippen LogP contribution is -2.24. The maximum absolute atomic E-state index is 12.6. The minimum atomic E-state index is -0.638. The first-order chi connectivity index (χ1) is 6.11. The number of rotatable bonds is 1. The Morgan fingerprint density at radius 1 is 1.23 bits per heavy atom. The van der Waals surface area contributed by atoms with Gasteiger partial charge in [-0.05, 0) is 24.4 Å². The van der Waals surface area contributed by atoms with Crippen molar-refractivity contribution in [3.63, 3.8) is 0 Å². The Morgan fingerprint density at radius 3 is 2.23 bits per heavy atom. The molecule has 0 aliphatic carbocycles. The fourth-order valence-electron chi connectivity index (χ4n) is 0.820. The van der Waals surface area contributed by atoms with Crippen LogP contribution in [0.15, 0.2) is 18.2 Å². The summed E-state index contributed by atoms with van der Waals surface area (Å²) in [5.41, 5.74) is 0.289. The van der Waals surface area contributed by atoms with Gasteiger partial charge in [-0.25, -0.2) is 8.78 Å². The third kappa shape index (κ3) is 2.95. The van der Waals surface area contributed by atoms with Gasteiger partial charge in [0.1, 0.15) is 11.6 Å². The van der Waals surface area contributed by atoms with Crippen LogP contribution in [0.2, 0.25) is 0 Å². The average molecular weight is 202 g/mol. The van der Waals surface area contributed by atoms with Gasteiger partial charge in [0.15, 0.2) is 5.11 Å². The molecule has 0 aromatic heterocycles. The van der Waals surface area contributed by atoms with Gasteiger partial charge in [0.25, 0.3) is 0 Å². The summed E-state index contributed by atoms with van der Waals surface area (Å²) in [7, 11) is 1.62. The zero-order valence-electron chi connectivity index (χ0n) is 6.90. The van der Waals surface area contributed by atoms with Crippen LogP contribution in [0, 0.1) is 11.6 Å². The predicted molar refractivity (Wildman–Crippen MR) is 51.6 cm³/mol. The van der Waals surface area contributed by atoms with Crippen molar-refractivity contribution in [1.29, 1.82) is 0 Å². The van der Waals surface area contributed by atoms with E-state index in [2.05, 4.69) is 10.6 Å². The third-order valence-electron chi connectivity index (χ3n) is 1.35. The molecule has 13 heavy (non-hydrogen) atoms. The number of anilines is 1. The molecule has 0 unspecified atom stereocenters. The molecule has 0 fully saturated rings. The molecular weight excluding hydrogens is 194 g/mol. The molecule has 0 saturated carbocycles. The van der Waals surface area contributed by atoms with Crippen molar-refractivity contribution in [3.8, 4) is 0 Å². The van der Waals surface area contributed by atoms with E-state index in [1.165, 1.54) is 0 Å². The van der Waals surface area contributed by atoms with E-state index in [0.717, 1.165) is 18.2 Å². The molecule has 1 aromatic rings. The van der Waals surface area contributed by atoms with Crippen LogP contribution in [0.4, 0.5) is 14.5 Å². The standard InChI is InChI=1S/C8H8F2N2S/c1-11-8(13)12-7-3-5(9)2-6(10)4-7/h2-4H,1H3,(H2,11,12,13). The number of hydrogen-bond acceptors (Lipinski definition) is 1. The number of benzene rings is 1. The lowest BCUT2D eigenvalue weighted by atomic mass is 10.3. The summed E-state index contributed by atoms with van der Waals surface area (Å²) in [6.45, 7) is 0. The van der Waals surface area contributed by atoms with E-state index in [-0.39, 0.29) is 5.69 Å². The van der Waals surface area contributed by atoms with Gasteiger partial charge in [-0.15, -0.1) is 0 Å². The van der Waals surface area contributed by atoms with Gasteiger partial charge in [-0.2, -0.15) is 0 Å². The molecule has 0 amide bonds. The highest BCUT2D eigenvalue weighted by molar-refractivity contribution is 7.80. The summed E-state index contributed by atoms with van der Waals surface area (Å²) in [6.07, 6.45) is 0. The van der Waals surface area contributed by atoms with E-state index in [4.69, 9.17) is 12.2 Å². The first kappa shape index (κ1) is 9.85. The average Bonchev–Trinajstić information content (AvgIpc) is 2.02. The van der Waals surface area contributed by atoms with Gasteiger partial charge >= 0.3 is 0 Å². The molecule has 1 rings (SSSR count). The Labute approximate surface area is 80.0 Å². The predicted octanol–water partition coefficient (Wildman–Crippen LogP) is 1.88. The molecule has 0 aliphatic rings. The van der Waals surface area contributed by atoms with Crippen molar-refractivity contribution in [2.24, 2.45) is 0 Å². The Morgan fingerprint density at radius 2 is 1.77 bits per heavy atom. The minimum absolute atomic E-state index is 0.289. The van der Waals surface area contributed by atoms with Crippen LogP contribution in [-0.4, -0.2) is 12.2 Å². The fraction of sp³-hybridized carbons (Fsp3) is 0.125. The van der Waals surface area contributed by atoms with E-state index < -0.39 is 11.6 Å². The SMILES string of the molecule is CNC(=S)Nc1cc(F)cc(F)c1. The number of thiocarbonyl (C=S) groups is 1. The second kappa shape index (κ2) is 4.13. The van der Waals surface area contributed by atoms with Gasteiger partial charge in [0.05, 0.1) is 0 Å². The highest BCUT2D eigenvalue weighted by atomic mass is 32.1. The zero-order valence-corrected chi connectivity index (χ0v) is 7.71. The molecule has 5 heteroatoms. The van der Waals surface area contributed by atoms with Crippen molar-refractivity contribution >= 4 is 23.0 Å². The minimum Gasteiger partial charge on any atom is -0.366 e. The normalized spacial score (nSPS) is 9.46. The molecule has 70 valence electrons. The molecule has 0 spiro atoms. The van der Waals surface area contributed by atoms with E-state index in [1.807, 2.05) is 0 Å². The molecule has 2 N–H and O–H groups in total. The Kier molecular flexibility index (Phi) is 3.13.